The first kappa shape index (κ1) is 12.9. The van der Waals surface area contributed by atoms with Crippen LogP contribution in [-0.2, 0) is 0 Å². The lowest BCUT2D eigenvalue weighted by atomic mass is 9.93. The van der Waals surface area contributed by atoms with E-state index in [1.54, 1.807) is 0 Å². The van der Waals surface area contributed by atoms with Gasteiger partial charge in [0.15, 0.2) is 0 Å². The Morgan fingerprint density at radius 1 is 1.13 bits per heavy atom. The zero-order valence-corrected chi connectivity index (χ0v) is 12.8. The summed E-state index contributed by atoms with van der Waals surface area (Å²) >= 11 is 0. The van der Waals surface area contributed by atoms with E-state index in [0.717, 1.165) is 32.0 Å². The predicted octanol–water partition coefficient (Wildman–Crippen LogP) is 2.73. The lowest BCUT2D eigenvalue weighted by molar-refractivity contribution is 0.589. The summed E-state index contributed by atoms with van der Waals surface area (Å²) in [7, 11) is 0. The van der Waals surface area contributed by atoms with Crippen molar-refractivity contribution in [3.8, 4) is 28.2 Å². The van der Waals surface area contributed by atoms with Crippen LogP contribution in [0.5, 0.6) is 0 Å². The molecular formula is C19H17N4. The smallest absolute Gasteiger partial charge is 0.147 e. The third-order valence-electron chi connectivity index (χ3n) is 4.72. The first-order chi connectivity index (χ1) is 11.4. The largest absolute Gasteiger partial charge is 0.368 e. The molecule has 1 N–H and O–H groups in total. The molecule has 2 aromatic carbocycles. The molecule has 0 saturated carbocycles. The quantitative estimate of drug-likeness (QED) is 0.618. The van der Waals surface area contributed by atoms with Crippen molar-refractivity contribution < 1.29 is 0 Å². The van der Waals surface area contributed by atoms with Crippen molar-refractivity contribution in [3.05, 3.63) is 54.9 Å². The van der Waals surface area contributed by atoms with Gasteiger partial charge in [-0.2, -0.15) is 0 Å². The van der Waals surface area contributed by atoms with Crippen LogP contribution in [0, 0.1) is 6.07 Å². The number of hydrogen-bond acceptors (Lipinski definition) is 3. The number of fused-ring (bicyclic) bond motifs is 4. The Labute approximate surface area is 135 Å². The van der Waals surface area contributed by atoms with Crippen molar-refractivity contribution in [2.24, 2.45) is 0 Å². The molecule has 1 aromatic heterocycles. The maximum atomic E-state index is 4.48. The molecule has 0 amide bonds. The van der Waals surface area contributed by atoms with Crippen LogP contribution in [0.1, 0.15) is 0 Å². The number of aromatic nitrogens is 2. The van der Waals surface area contributed by atoms with E-state index in [1.165, 1.54) is 28.1 Å². The van der Waals surface area contributed by atoms with Crippen LogP contribution in [0.2, 0.25) is 0 Å². The van der Waals surface area contributed by atoms with Gasteiger partial charge in [0.25, 0.3) is 0 Å². The van der Waals surface area contributed by atoms with Crippen molar-refractivity contribution in [2.45, 2.75) is 0 Å². The summed E-state index contributed by atoms with van der Waals surface area (Å²) < 4.78 is 2.14. The Kier molecular flexibility index (Phi) is 2.78. The van der Waals surface area contributed by atoms with Crippen LogP contribution < -0.4 is 10.2 Å². The van der Waals surface area contributed by atoms with Crippen LogP contribution in [0.25, 0.3) is 28.2 Å². The predicted molar refractivity (Wildman–Crippen MR) is 91.9 cm³/mol. The third-order valence-corrected chi connectivity index (χ3v) is 4.72. The first-order valence-electron chi connectivity index (χ1n) is 8.07. The maximum Gasteiger partial charge on any atom is 0.147 e. The highest BCUT2D eigenvalue weighted by atomic mass is 15.2. The highest BCUT2D eigenvalue weighted by Crippen LogP contribution is 2.43. The molecule has 4 nitrogen and oxygen atoms in total. The fraction of sp³-hybridized carbons (Fsp3) is 0.211. The molecule has 1 radical (unpaired) electrons. The summed E-state index contributed by atoms with van der Waals surface area (Å²) in [5.41, 5.74) is 6.18. The minimum atomic E-state index is 1.04. The Morgan fingerprint density at radius 3 is 2.96 bits per heavy atom. The minimum absolute atomic E-state index is 1.04. The fourth-order valence-electron chi connectivity index (χ4n) is 3.56. The molecule has 2 aliphatic heterocycles. The highest BCUT2D eigenvalue weighted by molar-refractivity contribution is 5.92. The van der Waals surface area contributed by atoms with Crippen molar-refractivity contribution in [1.29, 1.82) is 0 Å². The van der Waals surface area contributed by atoms with E-state index < -0.39 is 0 Å². The van der Waals surface area contributed by atoms with Crippen molar-refractivity contribution in [3.63, 3.8) is 0 Å². The molecule has 1 saturated heterocycles. The summed E-state index contributed by atoms with van der Waals surface area (Å²) in [6.45, 7) is 4.15. The van der Waals surface area contributed by atoms with Crippen LogP contribution in [0.15, 0.2) is 48.8 Å². The minimum Gasteiger partial charge on any atom is -0.368 e. The second-order valence-corrected chi connectivity index (χ2v) is 6.02. The third kappa shape index (κ3) is 1.92. The van der Waals surface area contributed by atoms with E-state index in [-0.39, 0.29) is 0 Å². The summed E-state index contributed by atoms with van der Waals surface area (Å²) in [4.78, 5) is 6.88. The van der Waals surface area contributed by atoms with Gasteiger partial charge < -0.3 is 10.2 Å². The topological polar surface area (TPSA) is 33.1 Å². The molecule has 3 heterocycles. The van der Waals surface area contributed by atoms with E-state index in [4.69, 9.17) is 0 Å². The molecule has 0 unspecified atom stereocenters. The Bertz CT molecular complexity index is 875. The van der Waals surface area contributed by atoms with Gasteiger partial charge in [-0.05, 0) is 23.3 Å². The van der Waals surface area contributed by atoms with Crippen molar-refractivity contribution >= 4 is 5.69 Å². The molecule has 4 heteroatoms. The first-order valence-corrected chi connectivity index (χ1v) is 8.07. The molecule has 0 spiro atoms. The standard InChI is InChI=1S/C19H17N4/c1-3-14(13-15(4-1)22-10-7-20-8-11-22)16-5-2-6-17-18(16)19-21-9-12-23(17)19/h1-3,5-6,9,12-13,20H,7-8,10-11H2. The number of rotatable bonds is 2. The summed E-state index contributed by atoms with van der Waals surface area (Å²) in [5, 5.41) is 3.40. The zero-order valence-electron chi connectivity index (χ0n) is 12.8. The van der Waals surface area contributed by atoms with Gasteiger partial charge in [-0.1, -0.05) is 24.3 Å². The summed E-state index contributed by atoms with van der Waals surface area (Å²) in [6.07, 6.45) is 3.89. The van der Waals surface area contributed by atoms with Gasteiger partial charge in [0.2, 0.25) is 0 Å². The van der Waals surface area contributed by atoms with Gasteiger partial charge in [-0.25, -0.2) is 4.98 Å². The monoisotopic (exact) mass is 301 g/mol. The highest BCUT2D eigenvalue weighted by Gasteiger charge is 2.26. The molecule has 23 heavy (non-hydrogen) atoms. The molecule has 1 fully saturated rings. The molecule has 0 aliphatic carbocycles. The lowest BCUT2D eigenvalue weighted by Crippen LogP contribution is -2.43. The Balaban J connectivity index is 1.57. The molecule has 113 valence electrons. The van der Waals surface area contributed by atoms with E-state index in [0.29, 0.717) is 0 Å². The van der Waals surface area contributed by atoms with Crippen LogP contribution in [0.3, 0.4) is 0 Å². The lowest BCUT2D eigenvalue weighted by Gasteiger charge is -2.30. The number of benzene rings is 2. The molecule has 2 aliphatic rings. The maximum absolute atomic E-state index is 4.48. The molecule has 3 aromatic rings. The number of imidazole rings is 1. The van der Waals surface area contributed by atoms with E-state index >= 15 is 0 Å². The van der Waals surface area contributed by atoms with Gasteiger partial charge in [0.1, 0.15) is 5.82 Å². The number of nitrogens with zero attached hydrogens (tertiary/aromatic N) is 3. The second-order valence-electron chi connectivity index (χ2n) is 6.02. The van der Waals surface area contributed by atoms with E-state index in [9.17, 15) is 0 Å². The van der Waals surface area contributed by atoms with Crippen LogP contribution in [-0.4, -0.2) is 35.7 Å². The average Bonchev–Trinajstić information content (AvgIpc) is 3.03. The van der Waals surface area contributed by atoms with Gasteiger partial charge in [0.05, 0.1) is 5.69 Å². The van der Waals surface area contributed by atoms with Gasteiger partial charge in [0, 0.05) is 55.9 Å². The molecule has 5 rings (SSSR count). The Morgan fingerprint density at radius 2 is 2.04 bits per heavy atom. The molecule has 0 bridgehead atoms. The van der Waals surface area contributed by atoms with E-state index in [2.05, 4.69) is 56.2 Å². The molecule has 0 atom stereocenters. The Hall–Kier alpha value is -2.59. The number of nitrogens with one attached hydrogen (secondary N) is 1. The zero-order chi connectivity index (χ0) is 15.2. The second kappa shape index (κ2) is 4.96. The van der Waals surface area contributed by atoms with Gasteiger partial charge >= 0.3 is 0 Å². The summed E-state index contributed by atoms with van der Waals surface area (Å²) in [5.74, 6) is 1.06. The number of hydrogen-bond donors (Lipinski definition) is 1. The van der Waals surface area contributed by atoms with Gasteiger partial charge in [-0.15, -0.1) is 0 Å². The van der Waals surface area contributed by atoms with E-state index in [1.807, 2.05) is 18.5 Å². The van der Waals surface area contributed by atoms with Crippen LogP contribution >= 0.6 is 0 Å². The normalized spacial score (nSPS) is 15.7. The van der Waals surface area contributed by atoms with Gasteiger partial charge in [-0.3, -0.25) is 4.57 Å². The SMILES string of the molecule is [c]1ccc(-c2cccc3c2-c2nccn2-3)cc1N1CCNCC1. The fourth-order valence-corrected chi connectivity index (χ4v) is 3.56. The van der Waals surface area contributed by atoms with Crippen molar-refractivity contribution in [2.75, 3.05) is 31.1 Å². The molecular weight excluding hydrogens is 284 g/mol. The average molecular weight is 301 g/mol. The van der Waals surface area contributed by atoms with Crippen molar-refractivity contribution in [1.82, 2.24) is 14.9 Å². The number of piperazine rings is 1. The number of anilines is 1. The summed E-state index contributed by atoms with van der Waals surface area (Å²) in [6, 6.07) is 16.3. The van der Waals surface area contributed by atoms with Crippen LogP contribution in [0.4, 0.5) is 5.69 Å².